The van der Waals surface area contributed by atoms with Crippen molar-refractivity contribution in [2.75, 3.05) is 33.9 Å². The lowest BCUT2D eigenvalue weighted by atomic mass is 9.98. The van der Waals surface area contributed by atoms with Crippen LogP contribution in [0.25, 0.3) is 0 Å². The van der Waals surface area contributed by atoms with E-state index in [1.807, 2.05) is 41.3 Å². The van der Waals surface area contributed by atoms with E-state index in [2.05, 4.69) is 0 Å². The molecule has 1 amide bonds. The normalized spacial score (nSPS) is 16.8. The maximum Gasteiger partial charge on any atom is 0.261 e. The van der Waals surface area contributed by atoms with Crippen LogP contribution >= 0.6 is 0 Å². The van der Waals surface area contributed by atoms with Crippen LogP contribution in [-0.2, 0) is 0 Å². The Morgan fingerprint density at radius 3 is 2.38 bits per heavy atom. The van der Waals surface area contributed by atoms with Gasteiger partial charge in [0.05, 0.1) is 20.8 Å². The minimum absolute atomic E-state index is 0.0521. The summed E-state index contributed by atoms with van der Waals surface area (Å²) in [5, 5.41) is 0. The molecule has 0 aliphatic carbocycles. The quantitative estimate of drug-likeness (QED) is 0.794. The molecule has 1 unspecified atom stereocenters. The van der Waals surface area contributed by atoms with Gasteiger partial charge in [-0.3, -0.25) is 4.79 Å². The summed E-state index contributed by atoms with van der Waals surface area (Å²) in [7, 11) is 3.14. The van der Waals surface area contributed by atoms with E-state index in [0.29, 0.717) is 36.1 Å². The molecule has 3 rings (SSSR count). The van der Waals surface area contributed by atoms with Crippen molar-refractivity contribution >= 4 is 5.91 Å². The second kappa shape index (κ2) is 8.61. The fraction of sp³-hybridized carbons (Fsp3) is 0.381. The number of para-hydroxylation sites is 1. The standard InChI is InChI=1S/C21H25NO4/c1-24-18-11-6-12-19(25-2)20(18)21(23)22-13-7-8-16(14-22)15-26-17-9-4-3-5-10-17/h3-6,9-12,16H,7-8,13-15H2,1-2H3. The maximum absolute atomic E-state index is 13.1. The molecular formula is C21H25NO4. The molecule has 1 saturated heterocycles. The number of piperidine rings is 1. The molecule has 2 aromatic rings. The van der Waals surface area contributed by atoms with Gasteiger partial charge in [0.1, 0.15) is 22.8 Å². The first-order valence-electron chi connectivity index (χ1n) is 8.91. The third-order valence-corrected chi connectivity index (χ3v) is 4.68. The van der Waals surface area contributed by atoms with E-state index in [4.69, 9.17) is 14.2 Å². The van der Waals surface area contributed by atoms with Gasteiger partial charge in [-0.1, -0.05) is 24.3 Å². The molecule has 0 spiro atoms. The van der Waals surface area contributed by atoms with E-state index < -0.39 is 0 Å². The van der Waals surface area contributed by atoms with Crippen molar-refractivity contribution in [3.63, 3.8) is 0 Å². The van der Waals surface area contributed by atoms with Crippen LogP contribution in [0.1, 0.15) is 23.2 Å². The molecule has 1 heterocycles. The number of methoxy groups -OCH3 is 2. The molecule has 1 aliphatic rings. The van der Waals surface area contributed by atoms with Crippen LogP contribution in [0, 0.1) is 5.92 Å². The second-order valence-electron chi connectivity index (χ2n) is 6.42. The van der Waals surface area contributed by atoms with Crippen LogP contribution in [0.3, 0.4) is 0 Å². The number of hydrogen-bond acceptors (Lipinski definition) is 4. The predicted octanol–water partition coefficient (Wildman–Crippen LogP) is 3.64. The zero-order valence-corrected chi connectivity index (χ0v) is 15.3. The summed E-state index contributed by atoms with van der Waals surface area (Å²) in [6.45, 7) is 2.02. The highest BCUT2D eigenvalue weighted by Crippen LogP contribution is 2.31. The van der Waals surface area contributed by atoms with E-state index in [9.17, 15) is 4.79 Å². The Hall–Kier alpha value is -2.69. The van der Waals surface area contributed by atoms with Crippen molar-refractivity contribution in [1.29, 1.82) is 0 Å². The van der Waals surface area contributed by atoms with E-state index in [-0.39, 0.29) is 5.91 Å². The van der Waals surface area contributed by atoms with Crippen LogP contribution in [0.5, 0.6) is 17.2 Å². The summed E-state index contributed by atoms with van der Waals surface area (Å²) in [6.07, 6.45) is 2.02. The van der Waals surface area contributed by atoms with Crippen molar-refractivity contribution in [3.05, 3.63) is 54.1 Å². The molecule has 0 aromatic heterocycles. The second-order valence-corrected chi connectivity index (χ2v) is 6.42. The Kier molecular flexibility index (Phi) is 6.00. The highest BCUT2D eigenvalue weighted by atomic mass is 16.5. The number of likely N-dealkylation sites (tertiary alicyclic amines) is 1. The molecule has 0 bridgehead atoms. The topological polar surface area (TPSA) is 48.0 Å². The first-order chi connectivity index (χ1) is 12.7. The van der Waals surface area contributed by atoms with Gasteiger partial charge < -0.3 is 19.1 Å². The van der Waals surface area contributed by atoms with Gasteiger partial charge in [-0.2, -0.15) is 0 Å². The summed E-state index contributed by atoms with van der Waals surface area (Å²) in [4.78, 5) is 15.0. The van der Waals surface area contributed by atoms with Crippen molar-refractivity contribution in [2.24, 2.45) is 5.92 Å². The number of nitrogens with zero attached hydrogens (tertiary/aromatic N) is 1. The summed E-state index contributed by atoms with van der Waals surface area (Å²) in [5.74, 6) is 2.20. The van der Waals surface area contributed by atoms with Crippen molar-refractivity contribution in [2.45, 2.75) is 12.8 Å². The average Bonchev–Trinajstić information content (AvgIpc) is 2.72. The molecule has 2 aromatic carbocycles. The van der Waals surface area contributed by atoms with E-state index in [1.165, 1.54) is 0 Å². The molecule has 26 heavy (non-hydrogen) atoms. The number of benzene rings is 2. The third kappa shape index (κ3) is 4.10. The number of carbonyl (C=O) groups is 1. The minimum Gasteiger partial charge on any atom is -0.496 e. The summed E-state index contributed by atoms with van der Waals surface area (Å²) in [6, 6.07) is 15.2. The lowest BCUT2D eigenvalue weighted by molar-refractivity contribution is 0.0627. The van der Waals surface area contributed by atoms with Gasteiger partial charge >= 0.3 is 0 Å². The zero-order valence-electron chi connectivity index (χ0n) is 15.3. The van der Waals surface area contributed by atoms with E-state index in [0.717, 1.165) is 25.1 Å². The first-order valence-corrected chi connectivity index (χ1v) is 8.91. The van der Waals surface area contributed by atoms with Gasteiger partial charge in [0.15, 0.2) is 0 Å². The van der Waals surface area contributed by atoms with Gasteiger partial charge in [-0.15, -0.1) is 0 Å². The van der Waals surface area contributed by atoms with Crippen molar-refractivity contribution in [1.82, 2.24) is 4.90 Å². The smallest absolute Gasteiger partial charge is 0.261 e. The Morgan fingerprint density at radius 2 is 1.73 bits per heavy atom. The number of rotatable bonds is 6. The van der Waals surface area contributed by atoms with Gasteiger partial charge in [0.2, 0.25) is 0 Å². The molecular weight excluding hydrogens is 330 g/mol. The zero-order chi connectivity index (χ0) is 18.4. The van der Waals surface area contributed by atoms with E-state index >= 15 is 0 Å². The molecule has 1 aliphatic heterocycles. The minimum atomic E-state index is -0.0521. The molecule has 138 valence electrons. The molecule has 0 radical (unpaired) electrons. The third-order valence-electron chi connectivity index (χ3n) is 4.68. The number of amides is 1. The molecule has 0 saturated carbocycles. The monoisotopic (exact) mass is 355 g/mol. The van der Waals surface area contributed by atoms with Gasteiger partial charge in [0, 0.05) is 19.0 Å². The largest absolute Gasteiger partial charge is 0.496 e. The Morgan fingerprint density at radius 1 is 1.04 bits per heavy atom. The highest BCUT2D eigenvalue weighted by Gasteiger charge is 2.28. The number of hydrogen-bond donors (Lipinski definition) is 0. The van der Waals surface area contributed by atoms with Gasteiger partial charge in [0.25, 0.3) is 5.91 Å². The van der Waals surface area contributed by atoms with Crippen LogP contribution in [0.2, 0.25) is 0 Å². The summed E-state index contributed by atoms with van der Waals surface area (Å²) < 4.78 is 16.6. The first kappa shape index (κ1) is 18.1. The molecule has 1 atom stereocenters. The number of ether oxygens (including phenoxy) is 3. The van der Waals surface area contributed by atoms with Crippen molar-refractivity contribution < 1.29 is 19.0 Å². The van der Waals surface area contributed by atoms with Gasteiger partial charge in [-0.05, 0) is 37.1 Å². The SMILES string of the molecule is COc1cccc(OC)c1C(=O)N1CCCC(COc2ccccc2)C1. The van der Waals surface area contributed by atoms with Crippen LogP contribution in [0.15, 0.2) is 48.5 Å². The van der Waals surface area contributed by atoms with Crippen LogP contribution in [0.4, 0.5) is 0 Å². The fourth-order valence-corrected chi connectivity index (χ4v) is 3.34. The Bertz CT molecular complexity index is 710. The van der Waals surface area contributed by atoms with Crippen molar-refractivity contribution in [3.8, 4) is 17.2 Å². The van der Waals surface area contributed by atoms with E-state index in [1.54, 1.807) is 26.4 Å². The van der Waals surface area contributed by atoms with Gasteiger partial charge in [-0.25, -0.2) is 0 Å². The molecule has 1 fully saturated rings. The van der Waals surface area contributed by atoms with Crippen LogP contribution in [-0.4, -0.2) is 44.7 Å². The molecule has 5 heteroatoms. The molecule has 0 N–H and O–H groups in total. The highest BCUT2D eigenvalue weighted by molar-refractivity contribution is 5.99. The van der Waals surface area contributed by atoms with Crippen LogP contribution < -0.4 is 14.2 Å². The Balaban J connectivity index is 1.68. The summed E-state index contributed by atoms with van der Waals surface area (Å²) in [5.41, 5.74) is 0.488. The molecule has 5 nitrogen and oxygen atoms in total. The Labute approximate surface area is 154 Å². The predicted molar refractivity (Wildman–Crippen MR) is 100 cm³/mol. The summed E-state index contributed by atoms with van der Waals surface area (Å²) >= 11 is 0. The number of carbonyl (C=O) groups excluding carboxylic acids is 1. The maximum atomic E-state index is 13.1. The fourth-order valence-electron chi connectivity index (χ4n) is 3.34. The lowest BCUT2D eigenvalue weighted by Crippen LogP contribution is -2.41. The lowest BCUT2D eigenvalue weighted by Gasteiger charge is -2.33. The average molecular weight is 355 g/mol.